The van der Waals surface area contributed by atoms with Crippen molar-refractivity contribution in [3.05, 3.63) is 89.5 Å². The Bertz CT molecular complexity index is 805. The van der Waals surface area contributed by atoms with Gasteiger partial charge in [-0.15, -0.1) is 0 Å². The van der Waals surface area contributed by atoms with Crippen LogP contribution in [0, 0.1) is 5.92 Å². The Morgan fingerprint density at radius 1 is 0.920 bits per heavy atom. The summed E-state index contributed by atoms with van der Waals surface area (Å²) in [6.07, 6.45) is 13.3. The molecular weight excluding hydrogens is 302 g/mol. The standard InChI is InChI=1S/C24H25N/c1-3-8-22-11-7-12-23(24(22)25-2)21-17-15-20(16-18-21)14-13-19-9-5-4-6-10-19/h4-7,9-18,22H,3,8H2,1-2H3/b14-13+,25-24?. The summed E-state index contributed by atoms with van der Waals surface area (Å²) in [4.78, 5) is 4.59. The minimum atomic E-state index is 0.438. The third-order valence-corrected chi connectivity index (χ3v) is 4.56. The first-order valence-electron chi connectivity index (χ1n) is 9.01. The largest absolute Gasteiger partial charge is 0.292 e. The second-order valence-corrected chi connectivity index (χ2v) is 6.34. The predicted molar refractivity (Wildman–Crippen MR) is 111 cm³/mol. The van der Waals surface area contributed by atoms with E-state index in [0.29, 0.717) is 5.92 Å². The van der Waals surface area contributed by atoms with E-state index in [0.717, 1.165) is 6.42 Å². The molecule has 1 atom stereocenters. The van der Waals surface area contributed by atoms with Gasteiger partial charge in [-0.25, -0.2) is 0 Å². The molecule has 0 radical (unpaired) electrons. The van der Waals surface area contributed by atoms with E-state index in [-0.39, 0.29) is 0 Å². The third kappa shape index (κ3) is 4.24. The van der Waals surface area contributed by atoms with E-state index in [1.54, 1.807) is 0 Å². The van der Waals surface area contributed by atoms with Crippen LogP contribution in [0.2, 0.25) is 0 Å². The van der Waals surface area contributed by atoms with Crippen LogP contribution in [0.4, 0.5) is 0 Å². The molecule has 25 heavy (non-hydrogen) atoms. The Labute approximate surface area is 151 Å². The summed E-state index contributed by atoms with van der Waals surface area (Å²) in [5.74, 6) is 0.438. The van der Waals surface area contributed by atoms with Gasteiger partial charge in [-0.3, -0.25) is 4.99 Å². The molecular formula is C24H25N. The molecule has 0 bridgehead atoms. The van der Waals surface area contributed by atoms with E-state index >= 15 is 0 Å². The van der Waals surface area contributed by atoms with Crippen molar-refractivity contribution < 1.29 is 0 Å². The highest BCUT2D eigenvalue weighted by molar-refractivity contribution is 6.26. The number of nitrogens with zero attached hydrogens (tertiary/aromatic N) is 1. The first-order valence-corrected chi connectivity index (χ1v) is 9.01. The molecule has 1 nitrogen and oxygen atoms in total. The van der Waals surface area contributed by atoms with Crippen LogP contribution in [0.5, 0.6) is 0 Å². The molecule has 126 valence electrons. The van der Waals surface area contributed by atoms with Gasteiger partial charge in [-0.05, 0) is 23.1 Å². The molecule has 1 aliphatic rings. The lowest BCUT2D eigenvalue weighted by Crippen LogP contribution is -2.16. The van der Waals surface area contributed by atoms with E-state index in [1.165, 1.54) is 34.4 Å². The smallest absolute Gasteiger partial charge is 0.0491 e. The normalized spacial score (nSPS) is 18.7. The maximum atomic E-state index is 4.59. The van der Waals surface area contributed by atoms with Crippen molar-refractivity contribution in [2.24, 2.45) is 10.9 Å². The Morgan fingerprint density at radius 3 is 2.24 bits per heavy atom. The fourth-order valence-corrected chi connectivity index (χ4v) is 3.27. The number of benzene rings is 2. The van der Waals surface area contributed by atoms with E-state index < -0.39 is 0 Å². The summed E-state index contributed by atoms with van der Waals surface area (Å²) in [6, 6.07) is 19.1. The first-order chi connectivity index (χ1) is 12.3. The lowest BCUT2D eigenvalue weighted by Gasteiger charge is -2.21. The van der Waals surface area contributed by atoms with E-state index in [1.807, 2.05) is 13.1 Å². The summed E-state index contributed by atoms with van der Waals surface area (Å²) in [5, 5.41) is 0. The highest BCUT2D eigenvalue weighted by Gasteiger charge is 2.19. The van der Waals surface area contributed by atoms with E-state index in [2.05, 4.69) is 90.8 Å². The summed E-state index contributed by atoms with van der Waals surface area (Å²) in [5.41, 5.74) is 6.12. The lowest BCUT2D eigenvalue weighted by molar-refractivity contribution is 0.721. The average molecular weight is 327 g/mol. The van der Waals surface area contributed by atoms with Crippen molar-refractivity contribution in [2.75, 3.05) is 7.05 Å². The Kier molecular flexibility index (Phi) is 5.79. The summed E-state index contributed by atoms with van der Waals surface area (Å²) >= 11 is 0. The molecule has 0 amide bonds. The highest BCUT2D eigenvalue weighted by atomic mass is 14.7. The number of hydrogen-bond acceptors (Lipinski definition) is 1. The van der Waals surface area contributed by atoms with Gasteiger partial charge >= 0.3 is 0 Å². The molecule has 2 aromatic carbocycles. The van der Waals surface area contributed by atoms with Gasteiger partial charge in [-0.2, -0.15) is 0 Å². The summed E-state index contributed by atoms with van der Waals surface area (Å²) in [6.45, 7) is 2.23. The van der Waals surface area contributed by atoms with Crippen molar-refractivity contribution in [2.45, 2.75) is 19.8 Å². The van der Waals surface area contributed by atoms with Crippen LogP contribution in [0.3, 0.4) is 0 Å². The Morgan fingerprint density at radius 2 is 1.60 bits per heavy atom. The van der Waals surface area contributed by atoms with Gasteiger partial charge in [-0.1, -0.05) is 98.3 Å². The maximum absolute atomic E-state index is 4.59. The molecule has 2 aromatic rings. The minimum Gasteiger partial charge on any atom is -0.292 e. The van der Waals surface area contributed by atoms with Gasteiger partial charge in [0.1, 0.15) is 0 Å². The van der Waals surface area contributed by atoms with Gasteiger partial charge in [0.05, 0.1) is 0 Å². The molecule has 1 heteroatoms. The second-order valence-electron chi connectivity index (χ2n) is 6.34. The van der Waals surface area contributed by atoms with Gasteiger partial charge in [0, 0.05) is 24.3 Å². The van der Waals surface area contributed by atoms with Crippen LogP contribution < -0.4 is 0 Å². The zero-order chi connectivity index (χ0) is 17.5. The molecule has 0 spiro atoms. The van der Waals surface area contributed by atoms with Crippen LogP contribution in [-0.2, 0) is 0 Å². The number of aliphatic imine (C=N–C) groups is 1. The summed E-state index contributed by atoms with van der Waals surface area (Å²) in [7, 11) is 1.90. The van der Waals surface area contributed by atoms with Crippen molar-refractivity contribution in [1.29, 1.82) is 0 Å². The number of rotatable bonds is 5. The monoisotopic (exact) mass is 327 g/mol. The van der Waals surface area contributed by atoms with E-state index in [9.17, 15) is 0 Å². The Balaban J connectivity index is 1.79. The van der Waals surface area contributed by atoms with Crippen molar-refractivity contribution >= 4 is 23.4 Å². The number of allylic oxidation sites excluding steroid dienone is 4. The average Bonchev–Trinajstić information content (AvgIpc) is 2.68. The van der Waals surface area contributed by atoms with Gasteiger partial charge < -0.3 is 0 Å². The third-order valence-electron chi connectivity index (χ3n) is 4.56. The quantitative estimate of drug-likeness (QED) is 0.572. The van der Waals surface area contributed by atoms with Crippen LogP contribution in [0.15, 0.2) is 77.8 Å². The van der Waals surface area contributed by atoms with Crippen LogP contribution in [-0.4, -0.2) is 12.8 Å². The minimum absolute atomic E-state index is 0.438. The zero-order valence-electron chi connectivity index (χ0n) is 15.0. The summed E-state index contributed by atoms with van der Waals surface area (Å²) < 4.78 is 0. The molecule has 0 aromatic heterocycles. The first kappa shape index (κ1) is 17.2. The van der Waals surface area contributed by atoms with Gasteiger partial charge in [0.2, 0.25) is 0 Å². The van der Waals surface area contributed by atoms with Gasteiger partial charge in [0.15, 0.2) is 0 Å². The molecule has 0 saturated carbocycles. The van der Waals surface area contributed by atoms with Crippen molar-refractivity contribution in [3.8, 4) is 0 Å². The topological polar surface area (TPSA) is 12.4 Å². The molecule has 0 saturated heterocycles. The molecule has 1 aliphatic carbocycles. The van der Waals surface area contributed by atoms with Crippen molar-refractivity contribution in [1.82, 2.24) is 0 Å². The maximum Gasteiger partial charge on any atom is 0.0491 e. The SMILES string of the molecule is CCCC1C=CC=C(c2ccc(/C=C/c3ccccc3)cc2)C1=NC. The molecule has 0 fully saturated rings. The molecule has 0 N–H and O–H groups in total. The molecule has 0 heterocycles. The Hall–Kier alpha value is -2.67. The molecule has 0 aliphatic heterocycles. The van der Waals surface area contributed by atoms with Crippen LogP contribution in [0.25, 0.3) is 17.7 Å². The van der Waals surface area contributed by atoms with Crippen LogP contribution >= 0.6 is 0 Å². The predicted octanol–water partition coefficient (Wildman–Crippen LogP) is 6.30. The fourth-order valence-electron chi connectivity index (χ4n) is 3.27. The van der Waals surface area contributed by atoms with E-state index in [4.69, 9.17) is 0 Å². The number of hydrogen-bond donors (Lipinski definition) is 0. The van der Waals surface area contributed by atoms with Crippen molar-refractivity contribution in [3.63, 3.8) is 0 Å². The highest BCUT2D eigenvalue weighted by Crippen LogP contribution is 2.28. The lowest BCUT2D eigenvalue weighted by atomic mass is 9.85. The molecule has 1 unspecified atom stereocenters. The molecule has 3 rings (SSSR count). The van der Waals surface area contributed by atoms with Crippen LogP contribution in [0.1, 0.15) is 36.5 Å². The van der Waals surface area contributed by atoms with Gasteiger partial charge in [0.25, 0.3) is 0 Å². The zero-order valence-corrected chi connectivity index (χ0v) is 15.0. The second kappa shape index (κ2) is 8.43. The fraction of sp³-hybridized carbons (Fsp3) is 0.208.